The lowest BCUT2D eigenvalue weighted by atomic mass is 9.80. The van der Waals surface area contributed by atoms with Gasteiger partial charge in [-0.25, -0.2) is 9.37 Å². The fraction of sp³-hybridized carbons (Fsp3) is 0.316. The summed E-state index contributed by atoms with van der Waals surface area (Å²) < 4.78 is 55.1. The summed E-state index contributed by atoms with van der Waals surface area (Å²) in [5.41, 5.74) is 3.98. The summed E-state index contributed by atoms with van der Waals surface area (Å²) in [6.07, 6.45) is -4.73. The molecule has 1 saturated heterocycles. The van der Waals surface area contributed by atoms with Crippen LogP contribution in [0.2, 0.25) is 0 Å². The number of hydrogen-bond donors (Lipinski definition) is 3. The van der Waals surface area contributed by atoms with E-state index in [0.717, 1.165) is 12.1 Å². The van der Waals surface area contributed by atoms with E-state index in [1.807, 2.05) is 6.07 Å². The van der Waals surface area contributed by atoms with Crippen LogP contribution in [0, 0.1) is 23.1 Å². The molecule has 3 atom stereocenters. The van der Waals surface area contributed by atoms with E-state index in [1.54, 1.807) is 0 Å². The summed E-state index contributed by atoms with van der Waals surface area (Å²) in [6, 6.07) is 7.97. The molecular formula is C19H17F4N5O. The first-order chi connectivity index (χ1) is 13.5. The third kappa shape index (κ3) is 4.06. The number of rotatable bonds is 3. The fourth-order valence-electron chi connectivity index (χ4n) is 3.55. The van der Waals surface area contributed by atoms with Crippen LogP contribution in [-0.4, -0.2) is 23.2 Å². The lowest BCUT2D eigenvalue weighted by molar-refractivity contribution is -0.188. The number of pyridine rings is 1. The fourth-order valence-corrected chi connectivity index (χ4v) is 3.55. The monoisotopic (exact) mass is 407 g/mol. The van der Waals surface area contributed by atoms with Gasteiger partial charge in [0.1, 0.15) is 17.6 Å². The van der Waals surface area contributed by atoms with Gasteiger partial charge >= 0.3 is 6.18 Å². The van der Waals surface area contributed by atoms with Crippen molar-refractivity contribution in [3.63, 3.8) is 0 Å². The van der Waals surface area contributed by atoms with Gasteiger partial charge < -0.3 is 11.1 Å². The summed E-state index contributed by atoms with van der Waals surface area (Å²) in [6.45, 7) is 1.24. The van der Waals surface area contributed by atoms with Crippen LogP contribution < -0.4 is 16.4 Å². The third-order valence-corrected chi connectivity index (χ3v) is 4.98. The second-order valence-electron chi connectivity index (χ2n) is 6.98. The molecule has 152 valence electrons. The van der Waals surface area contributed by atoms with Crippen LogP contribution >= 0.6 is 0 Å². The van der Waals surface area contributed by atoms with Gasteiger partial charge in [0.15, 0.2) is 0 Å². The average molecular weight is 407 g/mol. The highest BCUT2D eigenvalue weighted by Gasteiger charge is 2.57. The maximum absolute atomic E-state index is 14.5. The van der Waals surface area contributed by atoms with Gasteiger partial charge in [0.05, 0.1) is 23.2 Å². The van der Waals surface area contributed by atoms with Crippen molar-refractivity contribution in [1.82, 2.24) is 10.3 Å². The molecule has 29 heavy (non-hydrogen) atoms. The van der Waals surface area contributed by atoms with Gasteiger partial charge in [-0.1, -0.05) is 0 Å². The minimum absolute atomic E-state index is 0.00438. The Morgan fingerprint density at radius 3 is 2.69 bits per heavy atom. The van der Waals surface area contributed by atoms with E-state index >= 15 is 0 Å². The summed E-state index contributed by atoms with van der Waals surface area (Å²) >= 11 is 0. The Hall–Kier alpha value is -3.03. The minimum atomic E-state index is -4.59. The lowest BCUT2D eigenvalue weighted by Crippen LogP contribution is -2.47. The number of aromatic nitrogens is 1. The zero-order valence-corrected chi connectivity index (χ0v) is 15.2. The Labute approximate surface area is 163 Å². The zero-order chi connectivity index (χ0) is 21.4. The second-order valence-corrected chi connectivity index (χ2v) is 6.98. The highest BCUT2D eigenvalue weighted by Crippen LogP contribution is 2.47. The molecule has 1 aromatic carbocycles. The Morgan fingerprint density at radius 1 is 1.38 bits per heavy atom. The van der Waals surface area contributed by atoms with E-state index in [1.165, 1.54) is 31.3 Å². The highest BCUT2D eigenvalue weighted by atomic mass is 19.4. The van der Waals surface area contributed by atoms with Crippen molar-refractivity contribution in [3.8, 4) is 6.07 Å². The first kappa shape index (κ1) is 20.7. The summed E-state index contributed by atoms with van der Waals surface area (Å²) in [4.78, 5) is 16.2. The average Bonchev–Trinajstić information content (AvgIpc) is 2.99. The van der Waals surface area contributed by atoms with Crippen LogP contribution in [0.5, 0.6) is 0 Å². The van der Waals surface area contributed by atoms with E-state index in [0.29, 0.717) is 0 Å². The maximum Gasteiger partial charge on any atom is 0.394 e. The standard InChI is InChI=1S/C19H17F4N5O/c1-18(15(19(21,22)23)7-16(25)28-18)12-6-11(3-4-13(12)20)27-17(29)14-5-2-10(8-24)9-26-14/h2-6,9,15-16,28H,7,25H2,1H3,(H,27,29). The number of nitriles is 1. The van der Waals surface area contributed by atoms with E-state index in [-0.39, 0.29) is 22.5 Å². The third-order valence-electron chi connectivity index (χ3n) is 4.98. The van der Waals surface area contributed by atoms with Gasteiger partial charge in [-0.3, -0.25) is 10.1 Å². The molecule has 1 aliphatic heterocycles. The molecule has 3 rings (SSSR count). The second kappa shape index (κ2) is 7.42. The SMILES string of the molecule is CC1(c2cc(NC(=O)c3ccc(C#N)cn3)ccc2F)NC(N)CC1C(F)(F)F. The molecule has 0 aliphatic carbocycles. The predicted molar refractivity (Wildman–Crippen MR) is 95.9 cm³/mol. The molecule has 0 bridgehead atoms. The van der Waals surface area contributed by atoms with Gasteiger partial charge in [0.2, 0.25) is 0 Å². The molecule has 2 heterocycles. The zero-order valence-electron chi connectivity index (χ0n) is 15.2. The van der Waals surface area contributed by atoms with Crippen molar-refractivity contribution in [2.24, 2.45) is 11.7 Å². The van der Waals surface area contributed by atoms with Crippen LogP contribution in [0.3, 0.4) is 0 Å². The molecule has 10 heteroatoms. The summed E-state index contributed by atoms with van der Waals surface area (Å²) in [5.74, 6) is -3.40. The largest absolute Gasteiger partial charge is 0.394 e. The molecule has 6 nitrogen and oxygen atoms in total. The van der Waals surface area contributed by atoms with Crippen molar-refractivity contribution >= 4 is 11.6 Å². The van der Waals surface area contributed by atoms with Crippen LogP contribution in [0.15, 0.2) is 36.5 Å². The van der Waals surface area contributed by atoms with E-state index in [9.17, 15) is 22.4 Å². The molecule has 0 radical (unpaired) electrons. The van der Waals surface area contributed by atoms with Crippen molar-refractivity contribution < 1.29 is 22.4 Å². The quantitative estimate of drug-likeness (QED) is 0.679. The maximum atomic E-state index is 14.5. The number of nitrogens with zero attached hydrogens (tertiary/aromatic N) is 2. The molecule has 1 aliphatic rings. The highest BCUT2D eigenvalue weighted by molar-refractivity contribution is 6.02. The van der Waals surface area contributed by atoms with Gasteiger partial charge in [0, 0.05) is 17.4 Å². The topological polar surface area (TPSA) is 104 Å². The van der Waals surface area contributed by atoms with E-state index < -0.39 is 41.9 Å². The van der Waals surface area contributed by atoms with Crippen molar-refractivity contribution in [1.29, 1.82) is 5.26 Å². The molecule has 1 aromatic heterocycles. The molecular weight excluding hydrogens is 390 g/mol. The Balaban J connectivity index is 1.91. The summed E-state index contributed by atoms with van der Waals surface area (Å²) in [5, 5.41) is 13.9. The molecule has 4 N–H and O–H groups in total. The molecule has 1 amide bonds. The summed E-state index contributed by atoms with van der Waals surface area (Å²) in [7, 11) is 0. The van der Waals surface area contributed by atoms with Crippen LogP contribution in [-0.2, 0) is 5.54 Å². The van der Waals surface area contributed by atoms with Gasteiger partial charge in [0.25, 0.3) is 5.91 Å². The number of nitrogens with one attached hydrogen (secondary N) is 2. The first-order valence-electron chi connectivity index (χ1n) is 8.62. The van der Waals surface area contributed by atoms with E-state index in [4.69, 9.17) is 11.0 Å². The number of benzene rings is 1. The normalized spacial score (nSPS) is 24.2. The Morgan fingerprint density at radius 2 is 2.10 bits per heavy atom. The van der Waals surface area contributed by atoms with E-state index in [2.05, 4.69) is 15.6 Å². The van der Waals surface area contributed by atoms with Gasteiger partial charge in [-0.15, -0.1) is 0 Å². The van der Waals surface area contributed by atoms with Crippen molar-refractivity contribution in [2.45, 2.75) is 31.2 Å². The van der Waals surface area contributed by atoms with Crippen LogP contribution in [0.4, 0.5) is 23.2 Å². The number of hydrogen-bond acceptors (Lipinski definition) is 5. The molecule has 1 fully saturated rings. The molecule has 3 unspecified atom stereocenters. The van der Waals surface area contributed by atoms with Crippen LogP contribution in [0.25, 0.3) is 0 Å². The minimum Gasteiger partial charge on any atom is -0.321 e. The number of carbonyl (C=O) groups is 1. The van der Waals surface area contributed by atoms with Gasteiger partial charge in [-0.2, -0.15) is 18.4 Å². The molecule has 2 aromatic rings. The smallest absolute Gasteiger partial charge is 0.321 e. The molecule has 0 spiro atoms. The Bertz CT molecular complexity index is 970. The number of halogens is 4. The molecule has 0 saturated carbocycles. The van der Waals surface area contributed by atoms with Crippen molar-refractivity contribution in [2.75, 3.05) is 5.32 Å². The number of nitrogens with two attached hydrogens (primary N) is 1. The first-order valence-corrected chi connectivity index (χ1v) is 8.62. The van der Waals surface area contributed by atoms with Crippen molar-refractivity contribution in [3.05, 3.63) is 59.2 Å². The number of carbonyl (C=O) groups excluding carboxylic acids is 1. The predicted octanol–water partition coefficient (Wildman–Crippen LogP) is 3.02. The number of anilines is 1. The van der Waals surface area contributed by atoms with Crippen LogP contribution in [0.1, 0.15) is 35.0 Å². The number of amides is 1. The Kier molecular flexibility index (Phi) is 5.30. The lowest BCUT2D eigenvalue weighted by Gasteiger charge is -2.34. The van der Waals surface area contributed by atoms with Gasteiger partial charge in [-0.05, 0) is 43.7 Å². The number of alkyl halides is 3.